The lowest BCUT2D eigenvalue weighted by molar-refractivity contribution is 0.683. The molecule has 1 N–H and O–H groups in total. The van der Waals surface area contributed by atoms with Crippen LogP contribution in [0.25, 0.3) is 5.57 Å². The number of hydrogen-bond donors (Lipinski definition) is 1. The van der Waals surface area contributed by atoms with E-state index >= 15 is 0 Å². The molecule has 1 aliphatic heterocycles. The van der Waals surface area contributed by atoms with Crippen molar-refractivity contribution in [2.24, 2.45) is 5.92 Å². The van der Waals surface area contributed by atoms with Crippen LogP contribution >= 0.6 is 11.6 Å². The molecule has 1 aliphatic carbocycles. The molecule has 0 saturated heterocycles. The number of aromatic nitrogens is 1. The molecule has 0 spiro atoms. The maximum Gasteiger partial charge on any atom is 0.135 e. The van der Waals surface area contributed by atoms with Gasteiger partial charge in [-0.15, -0.1) is 0 Å². The lowest BCUT2D eigenvalue weighted by atomic mass is 9.89. The van der Waals surface area contributed by atoms with Crippen molar-refractivity contribution < 1.29 is 0 Å². The Morgan fingerprint density at radius 2 is 2.27 bits per heavy atom. The van der Waals surface area contributed by atoms with Gasteiger partial charge in [0.1, 0.15) is 11.0 Å². The molecule has 2 atom stereocenters. The van der Waals surface area contributed by atoms with E-state index in [-0.39, 0.29) is 0 Å². The molecule has 0 fully saturated rings. The topological polar surface area (TPSA) is 24.9 Å². The van der Waals surface area contributed by atoms with E-state index in [0.717, 1.165) is 5.82 Å². The van der Waals surface area contributed by atoms with Gasteiger partial charge >= 0.3 is 0 Å². The average Bonchev–Trinajstić information content (AvgIpc) is 2.57. The third-order valence-electron chi connectivity index (χ3n) is 3.02. The summed E-state index contributed by atoms with van der Waals surface area (Å²) in [4.78, 5) is 4.30. The van der Waals surface area contributed by atoms with Gasteiger partial charge in [0, 0.05) is 5.56 Å². The molecule has 0 amide bonds. The van der Waals surface area contributed by atoms with Crippen molar-refractivity contribution in [2.75, 3.05) is 5.32 Å². The van der Waals surface area contributed by atoms with Crippen molar-refractivity contribution in [3.05, 3.63) is 41.1 Å². The zero-order chi connectivity index (χ0) is 10.4. The fourth-order valence-electron chi connectivity index (χ4n) is 2.22. The van der Waals surface area contributed by atoms with Crippen LogP contribution < -0.4 is 5.32 Å². The van der Waals surface area contributed by atoms with Crippen molar-refractivity contribution in [1.29, 1.82) is 0 Å². The second kappa shape index (κ2) is 3.11. The Hall–Kier alpha value is -1.28. The molecular formula is C12H11ClN2. The SMILES string of the molecule is CC1C=CC=C2c3ccc(Cl)nc3NC21. The summed E-state index contributed by atoms with van der Waals surface area (Å²) in [6, 6.07) is 4.24. The lowest BCUT2D eigenvalue weighted by Crippen LogP contribution is -2.23. The number of nitrogens with zero attached hydrogens (tertiary/aromatic N) is 1. The molecule has 0 radical (unpaired) electrons. The van der Waals surface area contributed by atoms with E-state index in [0.29, 0.717) is 17.1 Å². The normalized spacial score (nSPS) is 26.7. The molecule has 15 heavy (non-hydrogen) atoms. The zero-order valence-corrected chi connectivity index (χ0v) is 9.12. The highest BCUT2D eigenvalue weighted by Gasteiger charge is 2.31. The Balaban J connectivity index is 2.13. The van der Waals surface area contributed by atoms with Crippen molar-refractivity contribution in [1.82, 2.24) is 4.98 Å². The first-order valence-electron chi connectivity index (χ1n) is 5.07. The maximum atomic E-state index is 5.87. The van der Waals surface area contributed by atoms with Gasteiger partial charge < -0.3 is 5.32 Å². The molecule has 2 heterocycles. The number of fused-ring (bicyclic) bond motifs is 3. The number of hydrogen-bond acceptors (Lipinski definition) is 2. The van der Waals surface area contributed by atoms with E-state index in [9.17, 15) is 0 Å². The third-order valence-corrected chi connectivity index (χ3v) is 3.23. The van der Waals surface area contributed by atoms with Gasteiger partial charge in [0.25, 0.3) is 0 Å². The van der Waals surface area contributed by atoms with Crippen LogP contribution in [-0.4, -0.2) is 11.0 Å². The van der Waals surface area contributed by atoms with Crippen molar-refractivity contribution in [3.63, 3.8) is 0 Å². The van der Waals surface area contributed by atoms with Crippen LogP contribution in [0.15, 0.2) is 30.4 Å². The van der Waals surface area contributed by atoms with E-state index in [1.165, 1.54) is 11.1 Å². The van der Waals surface area contributed by atoms with Crippen LogP contribution in [0.2, 0.25) is 5.15 Å². The first-order chi connectivity index (χ1) is 7.25. The first-order valence-corrected chi connectivity index (χ1v) is 5.45. The summed E-state index contributed by atoms with van der Waals surface area (Å²) < 4.78 is 0. The van der Waals surface area contributed by atoms with E-state index in [1.807, 2.05) is 12.1 Å². The minimum absolute atomic E-state index is 0.357. The van der Waals surface area contributed by atoms with Gasteiger partial charge in [-0.1, -0.05) is 36.8 Å². The van der Waals surface area contributed by atoms with Gasteiger partial charge in [-0.2, -0.15) is 0 Å². The fourth-order valence-corrected chi connectivity index (χ4v) is 2.37. The van der Waals surface area contributed by atoms with Crippen LogP contribution in [-0.2, 0) is 0 Å². The van der Waals surface area contributed by atoms with Crippen LogP contribution in [0.4, 0.5) is 5.82 Å². The highest BCUT2D eigenvalue weighted by Crippen LogP contribution is 2.39. The van der Waals surface area contributed by atoms with Crippen molar-refractivity contribution >= 4 is 23.0 Å². The van der Waals surface area contributed by atoms with Gasteiger partial charge in [0.2, 0.25) is 0 Å². The van der Waals surface area contributed by atoms with Gasteiger partial charge in [0.15, 0.2) is 0 Å². The van der Waals surface area contributed by atoms with Crippen molar-refractivity contribution in [2.45, 2.75) is 13.0 Å². The van der Waals surface area contributed by atoms with Crippen LogP contribution in [0.5, 0.6) is 0 Å². The quantitative estimate of drug-likeness (QED) is 0.677. The molecule has 0 aromatic carbocycles. The van der Waals surface area contributed by atoms with Gasteiger partial charge in [0.05, 0.1) is 6.04 Å². The monoisotopic (exact) mass is 218 g/mol. The Labute approximate surface area is 93.7 Å². The summed E-state index contributed by atoms with van der Waals surface area (Å²) in [6.45, 7) is 2.20. The lowest BCUT2D eigenvalue weighted by Gasteiger charge is -2.20. The molecule has 3 heteroatoms. The minimum atomic E-state index is 0.357. The molecule has 1 aromatic rings. The second-order valence-corrected chi connectivity index (χ2v) is 4.41. The molecule has 3 rings (SSSR count). The summed E-state index contributed by atoms with van der Waals surface area (Å²) in [7, 11) is 0. The van der Waals surface area contributed by atoms with E-state index in [1.54, 1.807) is 0 Å². The number of allylic oxidation sites excluding steroid dienone is 2. The molecule has 0 bridgehead atoms. The highest BCUT2D eigenvalue weighted by molar-refractivity contribution is 6.29. The van der Waals surface area contributed by atoms with Crippen molar-refractivity contribution in [3.8, 4) is 0 Å². The summed E-state index contributed by atoms with van der Waals surface area (Å²) >= 11 is 5.87. The number of halogens is 1. The van der Waals surface area contributed by atoms with Crippen LogP contribution in [0, 0.1) is 5.92 Å². The second-order valence-electron chi connectivity index (χ2n) is 4.02. The van der Waals surface area contributed by atoms with E-state index in [4.69, 9.17) is 11.6 Å². The average molecular weight is 219 g/mol. The molecule has 0 saturated carbocycles. The number of pyridine rings is 1. The summed E-state index contributed by atoms with van der Waals surface area (Å²) in [6.07, 6.45) is 6.47. The third kappa shape index (κ3) is 1.29. The molecule has 2 unspecified atom stereocenters. The molecule has 2 aliphatic rings. The number of nitrogens with one attached hydrogen (secondary N) is 1. The fraction of sp³-hybridized carbons (Fsp3) is 0.250. The van der Waals surface area contributed by atoms with E-state index in [2.05, 4.69) is 35.5 Å². The Morgan fingerprint density at radius 1 is 1.40 bits per heavy atom. The smallest absolute Gasteiger partial charge is 0.135 e. The van der Waals surface area contributed by atoms with Crippen LogP contribution in [0.1, 0.15) is 12.5 Å². The van der Waals surface area contributed by atoms with Gasteiger partial charge in [-0.25, -0.2) is 4.98 Å². The van der Waals surface area contributed by atoms with E-state index < -0.39 is 0 Å². The highest BCUT2D eigenvalue weighted by atomic mass is 35.5. The number of rotatable bonds is 0. The van der Waals surface area contributed by atoms with Crippen LogP contribution in [0.3, 0.4) is 0 Å². The zero-order valence-electron chi connectivity index (χ0n) is 8.37. The Kier molecular flexibility index (Phi) is 1.86. The van der Waals surface area contributed by atoms with Gasteiger partial charge in [-0.3, -0.25) is 0 Å². The predicted octanol–water partition coefficient (Wildman–Crippen LogP) is 3.12. The predicted molar refractivity (Wildman–Crippen MR) is 62.9 cm³/mol. The maximum absolute atomic E-state index is 5.87. The number of anilines is 1. The molecule has 76 valence electrons. The minimum Gasteiger partial charge on any atom is -0.362 e. The first kappa shape index (κ1) is 8.98. The summed E-state index contributed by atoms with van der Waals surface area (Å²) in [5, 5.41) is 3.95. The summed E-state index contributed by atoms with van der Waals surface area (Å²) in [5.41, 5.74) is 2.50. The molecule has 1 aromatic heterocycles. The summed E-state index contributed by atoms with van der Waals surface area (Å²) in [5.74, 6) is 1.41. The van der Waals surface area contributed by atoms with Gasteiger partial charge in [-0.05, 0) is 23.6 Å². The Bertz CT molecular complexity index is 477. The Morgan fingerprint density at radius 3 is 3.13 bits per heavy atom. The molecule has 2 nitrogen and oxygen atoms in total. The standard InChI is InChI=1S/C12H11ClN2/c1-7-3-2-4-8-9-5-6-10(13)14-12(9)15-11(7)8/h2-7,11H,1H3,(H,14,15). The molecular weight excluding hydrogens is 208 g/mol. The largest absolute Gasteiger partial charge is 0.362 e.